The van der Waals surface area contributed by atoms with Crippen LogP contribution in [-0.2, 0) is 9.53 Å². The minimum atomic E-state index is -0.137. The van der Waals surface area contributed by atoms with Crippen LogP contribution >= 0.6 is 0 Å². The van der Waals surface area contributed by atoms with Crippen LogP contribution in [0.4, 0.5) is 0 Å². The van der Waals surface area contributed by atoms with Gasteiger partial charge < -0.3 is 4.74 Å². The monoisotopic (exact) mass is 141 g/mol. The zero-order chi connectivity index (χ0) is 7.45. The van der Waals surface area contributed by atoms with Crippen molar-refractivity contribution in [2.75, 3.05) is 0 Å². The number of hydrogen-bond acceptors (Lipinski definition) is 2. The molecule has 1 saturated carbocycles. The molecule has 2 nitrogen and oxygen atoms in total. The summed E-state index contributed by atoms with van der Waals surface area (Å²) in [7, 11) is 0. The highest BCUT2D eigenvalue weighted by Gasteiger charge is 2.33. The van der Waals surface area contributed by atoms with E-state index in [2.05, 4.69) is 6.92 Å². The van der Waals surface area contributed by atoms with E-state index in [1.807, 2.05) is 0 Å². The molecule has 0 bridgehead atoms. The summed E-state index contributed by atoms with van der Waals surface area (Å²) in [5, 5.41) is 0. The lowest BCUT2D eigenvalue weighted by Gasteiger charge is -2.23. The highest BCUT2D eigenvalue weighted by Crippen LogP contribution is 2.35. The zero-order valence-corrected chi connectivity index (χ0v) is 6.35. The molecule has 1 radical (unpaired) electrons. The van der Waals surface area contributed by atoms with Crippen LogP contribution in [0.5, 0.6) is 0 Å². The maximum absolute atomic E-state index is 9.98. The highest BCUT2D eigenvalue weighted by molar-refractivity contribution is 5.39. The van der Waals surface area contributed by atoms with Crippen LogP contribution in [-0.4, -0.2) is 12.1 Å². The first-order valence-corrected chi connectivity index (χ1v) is 3.88. The van der Waals surface area contributed by atoms with E-state index in [0.29, 0.717) is 0 Å². The fourth-order valence-electron chi connectivity index (χ4n) is 1.64. The van der Waals surface area contributed by atoms with E-state index in [-0.39, 0.29) is 5.60 Å². The molecule has 10 heavy (non-hydrogen) atoms. The molecule has 0 atom stereocenters. The number of hydrogen-bond donors (Lipinski definition) is 0. The Balaban J connectivity index is 2.48. The fraction of sp³-hybridized carbons (Fsp3) is 0.875. The molecule has 2 heteroatoms. The lowest BCUT2D eigenvalue weighted by Crippen LogP contribution is -2.26. The Kier molecular flexibility index (Phi) is 2.30. The second kappa shape index (κ2) is 3.04. The van der Waals surface area contributed by atoms with Gasteiger partial charge in [-0.2, -0.15) is 0 Å². The van der Waals surface area contributed by atoms with E-state index in [9.17, 15) is 4.79 Å². The van der Waals surface area contributed by atoms with Crippen molar-refractivity contribution in [1.29, 1.82) is 0 Å². The molecule has 1 rings (SSSR count). The smallest absolute Gasteiger partial charge is 0.418 e. The van der Waals surface area contributed by atoms with Crippen LogP contribution in [0.2, 0.25) is 0 Å². The standard InChI is InChI=1S/C8H13O2/c1-2-8(10-7-9)5-3-4-6-8/h2-6H2,1H3. The number of rotatable bonds is 3. The number of ether oxygens (including phenoxy) is 1. The molecule has 0 unspecified atom stereocenters. The maximum Gasteiger partial charge on any atom is 0.418 e. The first-order valence-electron chi connectivity index (χ1n) is 3.88. The molecule has 0 aliphatic heterocycles. The highest BCUT2D eigenvalue weighted by atomic mass is 16.5. The van der Waals surface area contributed by atoms with E-state index in [1.165, 1.54) is 12.8 Å². The molecule has 0 saturated heterocycles. The van der Waals surface area contributed by atoms with Crippen molar-refractivity contribution < 1.29 is 9.53 Å². The normalized spacial score (nSPS) is 22.5. The van der Waals surface area contributed by atoms with Crippen LogP contribution < -0.4 is 0 Å². The van der Waals surface area contributed by atoms with E-state index in [1.54, 1.807) is 6.47 Å². The Morgan fingerprint density at radius 3 is 2.50 bits per heavy atom. The van der Waals surface area contributed by atoms with Crippen molar-refractivity contribution in [2.45, 2.75) is 44.6 Å². The third-order valence-electron chi connectivity index (χ3n) is 2.42. The third kappa shape index (κ3) is 1.31. The molecule has 0 aromatic rings. The molecule has 1 fully saturated rings. The minimum absolute atomic E-state index is 0.137. The van der Waals surface area contributed by atoms with Gasteiger partial charge in [0.05, 0.1) is 0 Å². The topological polar surface area (TPSA) is 26.3 Å². The molecule has 1 aliphatic carbocycles. The van der Waals surface area contributed by atoms with Gasteiger partial charge in [-0.15, -0.1) is 0 Å². The van der Waals surface area contributed by atoms with Crippen molar-refractivity contribution in [2.24, 2.45) is 0 Å². The summed E-state index contributed by atoms with van der Waals surface area (Å²) in [6.45, 7) is 3.61. The van der Waals surface area contributed by atoms with Crippen LogP contribution in [0, 0.1) is 0 Å². The molecule has 0 aromatic heterocycles. The van der Waals surface area contributed by atoms with Gasteiger partial charge in [-0.25, -0.2) is 4.79 Å². The van der Waals surface area contributed by atoms with Gasteiger partial charge in [-0.05, 0) is 32.1 Å². The van der Waals surface area contributed by atoms with Crippen molar-refractivity contribution in [3.05, 3.63) is 0 Å². The Labute approximate surface area is 61.6 Å². The van der Waals surface area contributed by atoms with Crippen LogP contribution in [0.1, 0.15) is 39.0 Å². The largest absolute Gasteiger partial charge is 0.451 e. The summed E-state index contributed by atoms with van der Waals surface area (Å²) in [6.07, 6.45) is 5.37. The van der Waals surface area contributed by atoms with Crippen molar-refractivity contribution >= 4 is 6.47 Å². The molecule has 0 N–H and O–H groups in total. The van der Waals surface area contributed by atoms with Gasteiger partial charge in [0.25, 0.3) is 0 Å². The second-order valence-electron chi connectivity index (χ2n) is 2.93. The van der Waals surface area contributed by atoms with Gasteiger partial charge in [-0.1, -0.05) is 6.92 Å². The van der Waals surface area contributed by atoms with Crippen LogP contribution in [0.25, 0.3) is 0 Å². The fourth-order valence-corrected chi connectivity index (χ4v) is 1.64. The summed E-state index contributed by atoms with van der Waals surface area (Å²) in [5.74, 6) is 0. The molecular formula is C8H13O2. The lowest BCUT2D eigenvalue weighted by atomic mass is 9.99. The Hall–Kier alpha value is -0.530. The predicted molar refractivity (Wildman–Crippen MR) is 38.3 cm³/mol. The molecule has 0 aromatic carbocycles. The van der Waals surface area contributed by atoms with E-state index in [4.69, 9.17) is 4.74 Å². The third-order valence-corrected chi connectivity index (χ3v) is 2.42. The van der Waals surface area contributed by atoms with Crippen LogP contribution in [0.15, 0.2) is 0 Å². The summed E-state index contributed by atoms with van der Waals surface area (Å²) < 4.78 is 4.93. The molecule has 0 spiro atoms. The minimum Gasteiger partial charge on any atom is -0.451 e. The Morgan fingerprint density at radius 2 is 2.10 bits per heavy atom. The van der Waals surface area contributed by atoms with Gasteiger partial charge in [0.1, 0.15) is 5.60 Å². The van der Waals surface area contributed by atoms with E-state index < -0.39 is 0 Å². The summed E-state index contributed by atoms with van der Waals surface area (Å²) in [6, 6.07) is 0. The number of carbonyl (C=O) groups excluding carboxylic acids is 1. The SMILES string of the molecule is CCC1(O[C]=O)CCCC1. The van der Waals surface area contributed by atoms with Gasteiger partial charge in [0, 0.05) is 0 Å². The first-order chi connectivity index (χ1) is 4.83. The summed E-state index contributed by atoms with van der Waals surface area (Å²) in [4.78, 5) is 9.98. The first kappa shape index (κ1) is 7.58. The Bertz CT molecular complexity index is 114. The average Bonchev–Trinajstić information content (AvgIpc) is 2.39. The van der Waals surface area contributed by atoms with Crippen LogP contribution in [0.3, 0.4) is 0 Å². The van der Waals surface area contributed by atoms with Crippen molar-refractivity contribution in [1.82, 2.24) is 0 Å². The van der Waals surface area contributed by atoms with E-state index in [0.717, 1.165) is 19.3 Å². The van der Waals surface area contributed by atoms with Gasteiger partial charge in [0.2, 0.25) is 0 Å². The summed E-state index contributed by atoms with van der Waals surface area (Å²) >= 11 is 0. The van der Waals surface area contributed by atoms with Gasteiger partial charge in [0.15, 0.2) is 0 Å². The molecule has 57 valence electrons. The van der Waals surface area contributed by atoms with Gasteiger partial charge >= 0.3 is 6.47 Å². The van der Waals surface area contributed by atoms with Gasteiger partial charge in [-0.3, -0.25) is 0 Å². The molecule has 1 aliphatic rings. The van der Waals surface area contributed by atoms with Crippen molar-refractivity contribution in [3.63, 3.8) is 0 Å². The molecule has 0 amide bonds. The maximum atomic E-state index is 9.98. The molecule has 0 heterocycles. The molecular weight excluding hydrogens is 128 g/mol. The van der Waals surface area contributed by atoms with E-state index >= 15 is 0 Å². The average molecular weight is 141 g/mol. The Morgan fingerprint density at radius 1 is 1.50 bits per heavy atom. The second-order valence-corrected chi connectivity index (χ2v) is 2.93. The zero-order valence-electron chi connectivity index (χ0n) is 6.35. The lowest BCUT2D eigenvalue weighted by molar-refractivity contribution is 0.0542. The van der Waals surface area contributed by atoms with Crippen molar-refractivity contribution in [3.8, 4) is 0 Å². The quantitative estimate of drug-likeness (QED) is 0.599. The predicted octanol–water partition coefficient (Wildman–Crippen LogP) is 1.79. The summed E-state index contributed by atoms with van der Waals surface area (Å²) in [5.41, 5.74) is -0.137.